The second-order valence-electron chi connectivity index (χ2n) is 4.63. The summed E-state index contributed by atoms with van der Waals surface area (Å²) in [5, 5.41) is 0.682. The van der Waals surface area contributed by atoms with Crippen molar-refractivity contribution in [1.82, 2.24) is 9.97 Å². The number of nitrogen functional groups attached to an aromatic ring is 1. The zero-order chi connectivity index (χ0) is 13.2. The van der Waals surface area contributed by atoms with Crippen LogP contribution in [0.5, 0.6) is 5.88 Å². The lowest BCUT2D eigenvalue weighted by atomic mass is 9.96. The van der Waals surface area contributed by atoms with Crippen molar-refractivity contribution in [3.8, 4) is 17.1 Å². The second kappa shape index (κ2) is 5.05. The van der Waals surface area contributed by atoms with E-state index in [4.69, 9.17) is 22.1 Å². The van der Waals surface area contributed by atoms with E-state index < -0.39 is 0 Å². The van der Waals surface area contributed by atoms with Crippen molar-refractivity contribution >= 4 is 17.4 Å². The van der Waals surface area contributed by atoms with Crippen molar-refractivity contribution in [3.05, 3.63) is 35.5 Å². The summed E-state index contributed by atoms with van der Waals surface area (Å²) < 4.78 is 5.86. The molecule has 0 bridgehead atoms. The lowest BCUT2D eigenvalue weighted by molar-refractivity contribution is 0.115. The van der Waals surface area contributed by atoms with Gasteiger partial charge in [-0.05, 0) is 31.4 Å². The van der Waals surface area contributed by atoms with Crippen LogP contribution in [0, 0.1) is 0 Å². The zero-order valence-corrected chi connectivity index (χ0v) is 11.1. The highest BCUT2D eigenvalue weighted by molar-refractivity contribution is 6.30. The standard InChI is InChI=1S/C14H14ClN3O/c15-10-6-4-9(5-7-10)13-14(17-8-12(16)18-13)19-11-2-1-3-11/h4-8,11H,1-3H2,(H2,16,18). The number of ether oxygens (including phenoxy) is 1. The molecule has 0 saturated heterocycles. The normalized spacial score (nSPS) is 15.0. The van der Waals surface area contributed by atoms with E-state index in [1.54, 1.807) is 0 Å². The Morgan fingerprint density at radius 1 is 1.21 bits per heavy atom. The van der Waals surface area contributed by atoms with Crippen molar-refractivity contribution < 1.29 is 4.74 Å². The average Bonchev–Trinajstić information content (AvgIpc) is 2.36. The van der Waals surface area contributed by atoms with Crippen LogP contribution in [0.1, 0.15) is 19.3 Å². The van der Waals surface area contributed by atoms with E-state index >= 15 is 0 Å². The number of benzene rings is 1. The molecular weight excluding hydrogens is 262 g/mol. The Labute approximate surface area is 116 Å². The van der Waals surface area contributed by atoms with Gasteiger partial charge in [0.2, 0.25) is 5.88 Å². The fourth-order valence-electron chi connectivity index (χ4n) is 1.92. The minimum atomic E-state index is 0.254. The number of nitrogens with two attached hydrogens (primary N) is 1. The number of halogens is 1. The first-order valence-electron chi connectivity index (χ1n) is 6.27. The fourth-order valence-corrected chi connectivity index (χ4v) is 2.05. The van der Waals surface area contributed by atoms with Crippen LogP contribution in [0.15, 0.2) is 30.5 Å². The Morgan fingerprint density at radius 2 is 1.95 bits per heavy atom. The van der Waals surface area contributed by atoms with E-state index in [2.05, 4.69) is 9.97 Å². The number of aromatic nitrogens is 2. The third kappa shape index (κ3) is 2.63. The van der Waals surface area contributed by atoms with E-state index in [0.29, 0.717) is 22.4 Å². The largest absolute Gasteiger partial charge is 0.473 e. The number of nitrogens with zero attached hydrogens (tertiary/aromatic N) is 2. The van der Waals surface area contributed by atoms with Gasteiger partial charge in [0.1, 0.15) is 17.6 Å². The Morgan fingerprint density at radius 3 is 2.58 bits per heavy atom. The van der Waals surface area contributed by atoms with Crippen molar-refractivity contribution in [1.29, 1.82) is 0 Å². The minimum absolute atomic E-state index is 0.254. The highest BCUT2D eigenvalue weighted by atomic mass is 35.5. The Kier molecular flexibility index (Phi) is 3.25. The fraction of sp³-hybridized carbons (Fsp3) is 0.286. The van der Waals surface area contributed by atoms with Crippen LogP contribution in [0.25, 0.3) is 11.3 Å². The summed E-state index contributed by atoms with van der Waals surface area (Å²) in [7, 11) is 0. The van der Waals surface area contributed by atoms with Crippen molar-refractivity contribution in [2.24, 2.45) is 0 Å². The maximum atomic E-state index is 5.89. The maximum absolute atomic E-state index is 5.89. The second-order valence-corrected chi connectivity index (χ2v) is 5.06. The molecule has 0 atom stereocenters. The molecule has 1 aromatic heterocycles. The summed E-state index contributed by atoms with van der Waals surface area (Å²) >= 11 is 5.89. The van der Waals surface area contributed by atoms with Gasteiger partial charge in [-0.1, -0.05) is 23.7 Å². The van der Waals surface area contributed by atoms with Crippen molar-refractivity contribution in [2.45, 2.75) is 25.4 Å². The first-order chi connectivity index (χ1) is 9.22. The van der Waals surface area contributed by atoms with Crippen LogP contribution in [0.2, 0.25) is 5.02 Å². The van der Waals surface area contributed by atoms with Gasteiger partial charge in [-0.15, -0.1) is 0 Å². The molecule has 3 rings (SSSR count). The van der Waals surface area contributed by atoms with E-state index in [9.17, 15) is 0 Å². The van der Waals surface area contributed by atoms with Gasteiger partial charge in [0.15, 0.2) is 0 Å². The van der Waals surface area contributed by atoms with E-state index in [1.807, 2.05) is 24.3 Å². The van der Waals surface area contributed by atoms with E-state index in [1.165, 1.54) is 12.6 Å². The quantitative estimate of drug-likeness (QED) is 0.933. The first-order valence-corrected chi connectivity index (χ1v) is 6.65. The Balaban J connectivity index is 1.97. The summed E-state index contributed by atoms with van der Waals surface area (Å²) in [6.07, 6.45) is 5.14. The smallest absolute Gasteiger partial charge is 0.241 e. The third-order valence-corrected chi connectivity index (χ3v) is 3.46. The number of hydrogen-bond donors (Lipinski definition) is 1. The lowest BCUT2D eigenvalue weighted by Gasteiger charge is -2.26. The molecule has 0 unspecified atom stereocenters. The molecule has 1 heterocycles. The predicted octanol–water partition coefficient (Wildman–Crippen LogP) is 3.31. The van der Waals surface area contributed by atoms with Gasteiger partial charge >= 0.3 is 0 Å². The molecule has 0 radical (unpaired) electrons. The Hall–Kier alpha value is -1.81. The summed E-state index contributed by atoms with van der Waals surface area (Å²) in [6.45, 7) is 0. The lowest BCUT2D eigenvalue weighted by Crippen LogP contribution is -2.25. The molecule has 1 saturated carbocycles. The molecule has 19 heavy (non-hydrogen) atoms. The number of hydrogen-bond acceptors (Lipinski definition) is 4. The van der Waals surface area contributed by atoms with Gasteiger partial charge < -0.3 is 10.5 Å². The molecule has 1 fully saturated rings. The van der Waals surface area contributed by atoms with Gasteiger partial charge in [-0.3, -0.25) is 0 Å². The van der Waals surface area contributed by atoms with Gasteiger partial charge in [0, 0.05) is 10.6 Å². The van der Waals surface area contributed by atoms with Crippen LogP contribution in [-0.4, -0.2) is 16.1 Å². The van der Waals surface area contributed by atoms with Crippen LogP contribution in [0.3, 0.4) is 0 Å². The molecule has 2 N–H and O–H groups in total. The van der Waals surface area contributed by atoms with Crippen LogP contribution >= 0.6 is 11.6 Å². The first kappa shape index (κ1) is 12.2. The zero-order valence-electron chi connectivity index (χ0n) is 10.3. The van der Waals surface area contributed by atoms with Gasteiger partial charge in [0.05, 0.1) is 6.20 Å². The summed E-state index contributed by atoms with van der Waals surface area (Å²) in [5.41, 5.74) is 7.29. The number of anilines is 1. The topological polar surface area (TPSA) is 61.0 Å². The average molecular weight is 276 g/mol. The Bertz CT molecular complexity index is 582. The monoisotopic (exact) mass is 275 g/mol. The summed E-state index contributed by atoms with van der Waals surface area (Å²) in [4.78, 5) is 8.59. The molecule has 1 aliphatic rings. The number of rotatable bonds is 3. The molecule has 98 valence electrons. The van der Waals surface area contributed by atoms with E-state index in [-0.39, 0.29) is 6.10 Å². The molecule has 0 spiro atoms. The SMILES string of the molecule is Nc1cnc(OC2CCC2)c(-c2ccc(Cl)cc2)n1. The highest BCUT2D eigenvalue weighted by Gasteiger charge is 2.22. The van der Waals surface area contributed by atoms with Gasteiger partial charge in [-0.25, -0.2) is 9.97 Å². The summed E-state index contributed by atoms with van der Waals surface area (Å²) in [6, 6.07) is 7.41. The molecule has 1 aliphatic carbocycles. The van der Waals surface area contributed by atoms with Crippen LogP contribution < -0.4 is 10.5 Å². The molecule has 0 aliphatic heterocycles. The predicted molar refractivity (Wildman–Crippen MR) is 75.2 cm³/mol. The van der Waals surface area contributed by atoms with Crippen LogP contribution in [0.4, 0.5) is 5.82 Å². The molecule has 2 aromatic rings. The summed E-state index contributed by atoms with van der Waals surface area (Å²) in [5.74, 6) is 0.923. The van der Waals surface area contributed by atoms with Gasteiger partial charge in [0.25, 0.3) is 0 Å². The van der Waals surface area contributed by atoms with E-state index in [0.717, 1.165) is 18.4 Å². The molecule has 0 amide bonds. The van der Waals surface area contributed by atoms with Crippen molar-refractivity contribution in [3.63, 3.8) is 0 Å². The molecule has 4 nitrogen and oxygen atoms in total. The highest BCUT2D eigenvalue weighted by Crippen LogP contribution is 2.31. The van der Waals surface area contributed by atoms with Gasteiger partial charge in [-0.2, -0.15) is 0 Å². The molecule has 5 heteroatoms. The van der Waals surface area contributed by atoms with Crippen LogP contribution in [-0.2, 0) is 0 Å². The third-order valence-electron chi connectivity index (χ3n) is 3.21. The van der Waals surface area contributed by atoms with Crippen molar-refractivity contribution in [2.75, 3.05) is 5.73 Å². The minimum Gasteiger partial charge on any atom is -0.473 e. The maximum Gasteiger partial charge on any atom is 0.241 e. The molecule has 1 aromatic carbocycles. The molecular formula is C14H14ClN3O.